The minimum atomic E-state index is -1.41. The van der Waals surface area contributed by atoms with E-state index in [2.05, 4.69) is 105 Å². The van der Waals surface area contributed by atoms with Gasteiger partial charge in [0.15, 0.2) is 34.9 Å². The van der Waals surface area contributed by atoms with Gasteiger partial charge in [0, 0.05) is 61.4 Å². The van der Waals surface area contributed by atoms with E-state index in [1.165, 1.54) is 0 Å². The van der Waals surface area contributed by atoms with Gasteiger partial charge in [-0.25, -0.2) is 29.9 Å². The second-order valence-electron chi connectivity index (χ2n) is 19.4. The number of hydrogen-bond donors (Lipinski definition) is 2. The van der Waals surface area contributed by atoms with Crippen molar-refractivity contribution < 1.29 is 10.0 Å². The predicted octanol–water partition coefficient (Wildman–Crippen LogP) is 16.0. The minimum Gasteiger partial charge on any atom is -0.423 e. The van der Waals surface area contributed by atoms with Crippen molar-refractivity contribution in [3.63, 3.8) is 0 Å². The molecule has 0 amide bonds. The Morgan fingerprint density at radius 1 is 0.274 bits per heavy atom. The maximum absolute atomic E-state index is 8.93. The molecule has 14 rings (SSSR count). The van der Waals surface area contributed by atoms with Crippen LogP contribution in [0.3, 0.4) is 0 Å². The van der Waals surface area contributed by atoms with Gasteiger partial charge in [-0.3, -0.25) is 9.97 Å². The standard InChI is InChI=1S/C36H24N4.C25H16BrN3.C11H10BNO2/c1-3-12-28(13-4-1)34-38-35(29-14-5-2-6-15-29)40-36(39-34)33-30-16-8-7-11-25(30)22-23-31(33)26-18-20-27(21-19-26)32-17-9-10-24-37-32;26-21-16-15-17-9-7-8-14-20(17)22(21)25-28-23(18-10-3-1-4-11-18)27-24(29-25)19-12-5-2-6-13-19;14-12(15)10-6-4-9(5-7-10)11-3-1-2-8-13-11/h1-24H;1-16H;1-8,14-15H. The van der Waals surface area contributed by atoms with Crippen molar-refractivity contribution in [3.8, 4) is 102 Å². The molecule has 84 heavy (non-hydrogen) atoms. The van der Waals surface area contributed by atoms with E-state index in [4.69, 9.17) is 40.0 Å². The molecular formula is C72H50BBrN8O2. The van der Waals surface area contributed by atoms with Crippen molar-refractivity contribution in [1.82, 2.24) is 39.9 Å². The molecule has 0 bridgehead atoms. The van der Waals surface area contributed by atoms with Crippen molar-refractivity contribution in [2.45, 2.75) is 0 Å². The molecule has 0 aliphatic rings. The molecule has 14 aromatic rings. The fourth-order valence-corrected chi connectivity index (χ4v) is 10.3. The molecule has 0 saturated carbocycles. The van der Waals surface area contributed by atoms with Crippen molar-refractivity contribution in [3.05, 3.63) is 296 Å². The fourth-order valence-electron chi connectivity index (χ4n) is 9.78. The highest BCUT2D eigenvalue weighted by atomic mass is 79.9. The number of rotatable bonds is 10. The maximum Gasteiger partial charge on any atom is 0.488 e. The van der Waals surface area contributed by atoms with Gasteiger partial charge >= 0.3 is 7.12 Å². The second-order valence-corrected chi connectivity index (χ2v) is 20.3. The molecule has 0 aliphatic carbocycles. The van der Waals surface area contributed by atoms with E-state index in [9.17, 15) is 0 Å². The Hall–Kier alpha value is -10.5. The van der Waals surface area contributed by atoms with E-state index in [1.54, 1.807) is 18.3 Å². The highest BCUT2D eigenvalue weighted by molar-refractivity contribution is 9.10. The highest BCUT2D eigenvalue weighted by Gasteiger charge is 2.20. The zero-order chi connectivity index (χ0) is 57.0. The number of benzene rings is 10. The third-order valence-electron chi connectivity index (χ3n) is 14.0. The monoisotopic (exact) mass is 1150 g/mol. The zero-order valence-electron chi connectivity index (χ0n) is 45.1. The van der Waals surface area contributed by atoms with Gasteiger partial charge in [0.1, 0.15) is 0 Å². The summed E-state index contributed by atoms with van der Waals surface area (Å²) in [5.74, 6) is 3.92. The predicted molar refractivity (Wildman–Crippen MR) is 343 cm³/mol. The normalized spacial score (nSPS) is 10.8. The van der Waals surface area contributed by atoms with Crippen LogP contribution in [0.15, 0.2) is 296 Å². The second kappa shape index (κ2) is 25.5. The number of fused-ring (bicyclic) bond motifs is 2. The lowest BCUT2D eigenvalue weighted by Gasteiger charge is -2.15. The van der Waals surface area contributed by atoms with Crippen LogP contribution in [0.4, 0.5) is 0 Å². The molecule has 0 saturated heterocycles. The largest absolute Gasteiger partial charge is 0.488 e. The molecule has 0 fully saturated rings. The van der Waals surface area contributed by atoms with E-state index >= 15 is 0 Å². The highest BCUT2D eigenvalue weighted by Crippen LogP contribution is 2.39. The number of hydrogen-bond acceptors (Lipinski definition) is 10. The SMILES string of the molecule is Brc1ccc2ccccc2c1-c1nc(-c2ccccc2)nc(-c2ccccc2)n1.OB(O)c1ccc(-c2ccccn2)cc1.c1ccc(-c2nc(-c3ccccc3)nc(-c3c(-c4ccc(-c5ccccn5)cc4)ccc4ccccc34)n2)cc1. The molecule has 0 spiro atoms. The van der Waals surface area contributed by atoms with Crippen LogP contribution < -0.4 is 5.46 Å². The third kappa shape index (κ3) is 12.4. The van der Waals surface area contributed by atoms with Gasteiger partial charge in [-0.2, -0.15) is 0 Å². The van der Waals surface area contributed by atoms with Crippen LogP contribution in [0.25, 0.3) is 124 Å². The lowest BCUT2D eigenvalue weighted by atomic mass is 9.80. The van der Waals surface area contributed by atoms with Crippen LogP contribution >= 0.6 is 15.9 Å². The first-order chi connectivity index (χ1) is 41.4. The van der Waals surface area contributed by atoms with Crippen LogP contribution in [-0.2, 0) is 0 Å². The van der Waals surface area contributed by atoms with Crippen LogP contribution in [0, 0.1) is 0 Å². The summed E-state index contributed by atoms with van der Waals surface area (Å²) in [5.41, 5.74) is 12.3. The third-order valence-corrected chi connectivity index (χ3v) is 14.6. The van der Waals surface area contributed by atoms with Crippen molar-refractivity contribution in [2.24, 2.45) is 0 Å². The van der Waals surface area contributed by atoms with E-state index in [1.807, 2.05) is 194 Å². The van der Waals surface area contributed by atoms with Crippen molar-refractivity contribution in [2.75, 3.05) is 0 Å². The van der Waals surface area contributed by atoms with E-state index in [0.29, 0.717) is 40.4 Å². The van der Waals surface area contributed by atoms with Crippen molar-refractivity contribution in [1.29, 1.82) is 0 Å². The Kier molecular flexibility index (Phi) is 16.4. The summed E-state index contributed by atoms with van der Waals surface area (Å²) in [6.45, 7) is 0. The first-order valence-electron chi connectivity index (χ1n) is 27.2. The van der Waals surface area contributed by atoms with E-state index in [-0.39, 0.29) is 0 Å². The Labute approximate surface area is 495 Å². The first-order valence-corrected chi connectivity index (χ1v) is 28.0. The van der Waals surface area contributed by atoms with E-state index < -0.39 is 7.12 Å². The molecule has 0 radical (unpaired) electrons. The average Bonchev–Trinajstić information content (AvgIpc) is 3.04. The molecule has 2 N–H and O–H groups in total. The van der Waals surface area contributed by atoms with Crippen molar-refractivity contribution >= 4 is 50.1 Å². The first kappa shape index (κ1) is 54.1. The summed E-state index contributed by atoms with van der Waals surface area (Å²) < 4.78 is 0.959. The summed E-state index contributed by atoms with van der Waals surface area (Å²) in [6, 6.07) is 92.5. The Morgan fingerprint density at radius 3 is 1.04 bits per heavy atom. The van der Waals surface area contributed by atoms with E-state index in [0.717, 1.165) is 93.0 Å². The Bertz CT molecular complexity index is 4380. The maximum atomic E-state index is 8.93. The topological polar surface area (TPSA) is 144 Å². The Morgan fingerprint density at radius 2 is 0.619 bits per heavy atom. The molecule has 10 nitrogen and oxygen atoms in total. The van der Waals surface area contributed by atoms with Gasteiger partial charge in [0.25, 0.3) is 0 Å². The quantitative estimate of drug-likeness (QED) is 0.127. The summed E-state index contributed by atoms with van der Waals surface area (Å²) >= 11 is 3.72. The summed E-state index contributed by atoms with van der Waals surface area (Å²) in [7, 11) is -1.41. The van der Waals surface area contributed by atoms with Gasteiger partial charge in [-0.15, -0.1) is 0 Å². The molecule has 10 aromatic carbocycles. The molecular weight excluding hydrogens is 1100 g/mol. The molecule has 400 valence electrons. The Balaban J connectivity index is 0.000000137. The summed E-state index contributed by atoms with van der Waals surface area (Å²) in [6.07, 6.45) is 3.55. The van der Waals surface area contributed by atoms with Crippen LogP contribution in [0.2, 0.25) is 0 Å². The smallest absolute Gasteiger partial charge is 0.423 e. The zero-order valence-corrected chi connectivity index (χ0v) is 46.7. The van der Waals surface area contributed by atoms with Gasteiger partial charge in [-0.1, -0.05) is 265 Å². The molecule has 4 aromatic heterocycles. The molecule has 4 heterocycles. The number of pyridine rings is 2. The van der Waals surface area contributed by atoms with Crippen LogP contribution in [0.1, 0.15) is 0 Å². The van der Waals surface area contributed by atoms with Crippen LogP contribution in [0.5, 0.6) is 0 Å². The molecule has 0 atom stereocenters. The molecule has 12 heteroatoms. The average molecular weight is 1150 g/mol. The van der Waals surface area contributed by atoms with Gasteiger partial charge in [0.05, 0.1) is 11.4 Å². The molecule has 0 unspecified atom stereocenters. The lowest BCUT2D eigenvalue weighted by molar-refractivity contribution is 0.426. The summed E-state index contributed by atoms with van der Waals surface area (Å²) in [4.78, 5) is 38.2. The van der Waals surface area contributed by atoms with Crippen LogP contribution in [-0.4, -0.2) is 57.0 Å². The fraction of sp³-hybridized carbons (Fsp3) is 0. The summed E-state index contributed by atoms with van der Waals surface area (Å²) in [5, 5.41) is 22.3. The van der Waals surface area contributed by atoms with Gasteiger partial charge < -0.3 is 10.0 Å². The number of aromatic nitrogens is 8. The minimum absolute atomic E-state index is 0.481. The molecule has 0 aliphatic heterocycles. The van der Waals surface area contributed by atoms with Gasteiger partial charge in [-0.05, 0) is 68.5 Å². The number of halogens is 1. The number of nitrogens with zero attached hydrogens (tertiary/aromatic N) is 8. The van der Waals surface area contributed by atoms with Gasteiger partial charge in [0.2, 0.25) is 0 Å². The lowest BCUT2D eigenvalue weighted by Crippen LogP contribution is -2.29.